The van der Waals surface area contributed by atoms with E-state index in [9.17, 15) is 4.79 Å². The van der Waals surface area contributed by atoms with Crippen LogP contribution in [0.4, 0.5) is 5.69 Å². The number of rotatable bonds is 10. The van der Waals surface area contributed by atoms with E-state index < -0.39 is 0 Å². The minimum atomic E-state index is -0.00991. The van der Waals surface area contributed by atoms with Gasteiger partial charge in [-0.1, -0.05) is 30.0 Å². The zero-order valence-electron chi connectivity index (χ0n) is 17.5. The molecule has 1 N–H and O–H groups in total. The van der Waals surface area contributed by atoms with Crippen molar-refractivity contribution in [3.05, 3.63) is 60.4 Å². The monoisotopic (exact) mass is 425 g/mol. The summed E-state index contributed by atoms with van der Waals surface area (Å²) in [6, 6.07) is 17.9. The smallest absolute Gasteiger partial charge is 0.230 e. The largest absolute Gasteiger partial charge is 0.497 e. The number of hydrogen-bond acceptors (Lipinski definition) is 6. The van der Waals surface area contributed by atoms with Crippen molar-refractivity contribution in [2.75, 3.05) is 37.9 Å². The molecule has 0 unspecified atom stereocenters. The van der Waals surface area contributed by atoms with E-state index in [1.54, 1.807) is 7.11 Å². The molecule has 0 radical (unpaired) electrons. The number of carbonyl (C=O) groups is 1. The average Bonchev–Trinajstić information content (AvgIpc) is 3.16. The molecule has 0 bridgehead atoms. The zero-order valence-corrected chi connectivity index (χ0v) is 18.4. The molecule has 0 atom stereocenters. The Kier molecular flexibility index (Phi) is 7.73. The van der Waals surface area contributed by atoms with Gasteiger partial charge in [0.2, 0.25) is 5.91 Å². The number of aryl methyl sites for hydroxylation is 1. The van der Waals surface area contributed by atoms with Crippen LogP contribution in [0.15, 0.2) is 59.8 Å². The lowest BCUT2D eigenvalue weighted by atomic mass is 10.3. The topological polar surface area (TPSA) is 72.3 Å². The first-order valence-corrected chi connectivity index (χ1v) is 10.8. The summed E-state index contributed by atoms with van der Waals surface area (Å²) in [7, 11) is 3.69. The van der Waals surface area contributed by atoms with Crippen LogP contribution in [-0.4, -0.2) is 53.7 Å². The van der Waals surface area contributed by atoms with Crippen molar-refractivity contribution in [1.29, 1.82) is 0 Å². The maximum absolute atomic E-state index is 12.2. The van der Waals surface area contributed by atoms with Gasteiger partial charge in [0.15, 0.2) is 5.16 Å². The third-order valence-corrected chi connectivity index (χ3v) is 5.58. The van der Waals surface area contributed by atoms with Crippen LogP contribution in [0.3, 0.4) is 0 Å². The molecule has 1 aromatic heterocycles. The Morgan fingerprint density at radius 3 is 2.57 bits per heavy atom. The molecule has 2 aromatic carbocycles. The first-order valence-electron chi connectivity index (χ1n) is 9.80. The quantitative estimate of drug-likeness (QED) is 0.397. The summed E-state index contributed by atoms with van der Waals surface area (Å²) in [5, 5.41) is 12.1. The number of ether oxygens (including phenoxy) is 1. The van der Waals surface area contributed by atoms with Gasteiger partial charge in [0.1, 0.15) is 11.6 Å². The Balaban J connectivity index is 1.46. The van der Waals surface area contributed by atoms with Crippen LogP contribution >= 0.6 is 11.8 Å². The molecule has 158 valence electrons. The van der Waals surface area contributed by atoms with Crippen LogP contribution in [0.5, 0.6) is 5.75 Å². The third kappa shape index (κ3) is 5.76. The number of benzene rings is 2. The number of amides is 1. The summed E-state index contributed by atoms with van der Waals surface area (Å²) in [6.45, 7) is 3.41. The van der Waals surface area contributed by atoms with Gasteiger partial charge in [-0.3, -0.25) is 9.36 Å². The Morgan fingerprint density at radius 1 is 1.13 bits per heavy atom. The second-order valence-corrected chi connectivity index (χ2v) is 7.76. The molecule has 0 saturated heterocycles. The van der Waals surface area contributed by atoms with Crippen LogP contribution in [-0.2, 0) is 4.79 Å². The second-order valence-electron chi connectivity index (χ2n) is 6.81. The van der Waals surface area contributed by atoms with E-state index in [1.807, 2.05) is 54.0 Å². The Morgan fingerprint density at radius 2 is 1.87 bits per heavy atom. The van der Waals surface area contributed by atoms with E-state index in [0.717, 1.165) is 30.2 Å². The molecule has 7 nitrogen and oxygen atoms in total. The minimum Gasteiger partial charge on any atom is -0.497 e. The summed E-state index contributed by atoms with van der Waals surface area (Å²) in [6.07, 6.45) is 0.878. The second kappa shape index (κ2) is 10.7. The number of para-hydroxylation sites is 1. The van der Waals surface area contributed by atoms with Gasteiger partial charge in [-0.2, -0.15) is 0 Å². The number of nitrogens with zero attached hydrogens (tertiary/aromatic N) is 4. The molecule has 0 aliphatic carbocycles. The van der Waals surface area contributed by atoms with E-state index in [1.165, 1.54) is 17.4 Å². The van der Waals surface area contributed by atoms with Gasteiger partial charge in [-0.05, 0) is 49.7 Å². The summed E-state index contributed by atoms with van der Waals surface area (Å²) < 4.78 is 7.15. The van der Waals surface area contributed by atoms with E-state index >= 15 is 0 Å². The molecule has 0 aliphatic rings. The molecule has 1 amide bonds. The number of aromatic nitrogens is 3. The normalized spacial score (nSPS) is 10.6. The van der Waals surface area contributed by atoms with E-state index in [-0.39, 0.29) is 5.91 Å². The van der Waals surface area contributed by atoms with Crippen molar-refractivity contribution >= 4 is 23.4 Å². The fraction of sp³-hybridized carbons (Fsp3) is 0.318. The summed E-state index contributed by atoms with van der Waals surface area (Å²) in [4.78, 5) is 14.4. The highest BCUT2D eigenvalue weighted by Crippen LogP contribution is 2.23. The lowest BCUT2D eigenvalue weighted by Gasteiger charge is -2.19. The van der Waals surface area contributed by atoms with Crippen molar-refractivity contribution in [1.82, 2.24) is 20.1 Å². The van der Waals surface area contributed by atoms with Crippen molar-refractivity contribution in [2.24, 2.45) is 0 Å². The molecular formula is C22H27N5O2S. The van der Waals surface area contributed by atoms with E-state index in [2.05, 4.69) is 39.6 Å². The predicted molar refractivity (Wildman–Crippen MR) is 121 cm³/mol. The highest BCUT2D eigenvalue weighted by molar-refractivity contribution is 7.99. The molecule has 0 aliphatic heterocycles. The molecular weight excluding hydrogens is 398 g/mol. The molecule has 3 rings (SSSR count). The highest BCUT2D eigenvalue weighted by atomic mass is 32.2. The van der Waals surface area contributed by atoms with Crippen LogP contribution in [0.1, 0.15) is 12.2 Å². The molecule has 0 spiro atoms. The number of methoxy groups -OCH3 is 1. The molecule has 30 heavy (non-hydrogen) atoms. The van der Waals surface area contributed by atoms with Gasteiger partial charge in [0.05, 0.1) is 12.9 Å². The lowest BCUT2D eigenvalue weighted by Crippen LogP contribution is -2.29. The number of thioether (sulfide) groups is 1. The Labute approximate surface area is 181 Å². The fourth-order valence-electron chi connectivity index (χ4n) is 3.00. The van der Waals surface area contributed by atoms with Crippen molar-refractivity contribution in [2.45, 2.75) is 18.5 Å². The maximum atomic E-state index is 12.2. The molecule has 1 heterocycles. The predicted octanol–water partition coefficient (Wildman–Crippen LogP) is 3.32. The molecule has 0 saturated carbocycles. The van der Waals surface area contributed by atoms with Gasteiger partial charge in [-0.25, -0.2) is 0 Å². The van der Waals surface area contributed by atoms with Gasteiger partial charge in [0, 0.05) is 31.5 Å². The van der Waals surface area contributed by atoms with E-state index in [4.69, 9.17) is 4.74 Å². The van der Waals surface area contributed by atoms with Gasteiger partial charge >= 0.3 is 0 Å². The first-order chi connectivity index (χ1) is 14.6. The summed E-state index contributed by atoms with van der Waals surface area (Å²) in [5.74, 6) is 1.84. The lowest BCUT2D eigenvalue weighted by molar-refractivity contribution is -0.118. The van der Waals surface area contributed by atoms with Crippen LogP contribution in [0.2, 0.25) is 0 Å². The Bertz CT molecular complexity index is 944. The third-order valence-electron chi connectivity index (χ3n) is 4.65. The van der Waals surface area contributed by atoms with Crippen molar-refractivity contribution in [3.63, 3.8) is 0 Å². The van der Waals surface area contributed by atoms with Crippen molar-refractivity contribution in [3.8, 4) is 11.4 Å². The molecule has 3 aromatic rings. The molecule has 8 heteroatoms. The number of hydrogen-bond donors (Lipinski definition) is 1. The first kappa shape index (κ1) is 21.7. The zero-order chi connectivity index (χ0) is 21.3. The highest BCUT2D eigenvalue weighted by Gasteiger charge is 2.13. The standard InChI is InChI=1S/C22H27N5O2S/c1-17-24-25-22(27(17)19-10-12-20(29-3)13-11-19)30-16-21(28)23-14-7-15-26(2)18-8-5-4-6-9-18/h4-6,8-13H,7,14-16H2,1-3H3,(H,23,28). The van der Waals surface area contributed by atoms with Crippen LogP contribution < -0.4 is 15.0 Å². The summed E-state index contributed by atoms with van der Waals surface area (Å²) in [5.41, 5.74) is 2.11. The van der Waals surface area contributed by atoms with Gasteiger partial charge < -0.3 is 15.0 Å². The Hall–Kier alpha value is -3.00. The number of carbonyl (C=O) groups excluding carboxylic acids is 1. The fourth-order valence-corrected chi connectivity index (χ4v) is 3.83. The summed E-state index contributed by atoms with van der Waals surface area (Å²) >= 11 is 1.38. The van der Waals surface area contributed by atoms with Gasteiger partial charge in [-0.15, -0.1) is 10.2 Å². The van der Waals surface area contributed by atoms with E-state index in [0.29, 0.717) is 17.5 Å². The number of nitrogens with one attached hydrogen (secondary N) is 1. The SMILES string of the molecule is COc1ccc(-n2c(C)nnc2SCC(=O)NCCCN(C)c2ccccc2)cc1. The van der Waals surface area contributed by atoms with Crippen LogP contribution in [0, 0.1) is 6.92 Å². The number of anilines is 1. The van der Waals surface area contributed by atoms with Gasteiger partial charge in [0.25, 0.3) is 0 Å². The molecule has 0 fully saturated rings. The van der Waals surface area contributed by atoms with Crippen LogP contribution in [0.25, 0.3) is 5.69 Å². The minimum absolute atomic E-state index is 0.00991. The van der Waals surface area contributed by atoms with Crippen molar-refractivity contribution < 1.29 is 9.53 Å². The average molecular weight is 426 g/mol. The maximum Gasteiger partial charge on any atom is 0.230 e.